The van der Waals surface area contributed by atoms with Gasteiger partial charge in [0.05, 0.1) is 6.26 Å². The molecule has 6 heteroatoms. The first kappa shape index (κ1) is 14.2. The number of nitrogens with one attached hydrogen (secondary N) is 2. The highest BCUT2D eigenvalue weighted by Gasteiger charge is 2.24. The van der Waals surface area contributed by atoms with Crippen LogP contribution in [0.1, 0.15) is 25.7 Å². The normalized spacial score (nSPS) is 28.4. The number of likely N-dealkylation sites (tertiary alicyclic amines) is 1. The van der Waals surface area contributed by atoms with E-state index in [2.05, 4.69) is 14.9 Å². The maximum Gasteiger partial charge on any atom is 0.208 e. The predicted octanol–water partition coefficient (Wildman–Crippen LogP) is -0.000400. The number of piperidine rings is 2. The average molecular weight is 275 g/mol. The van der Waals surface area contributed by atoms with E-state index in [0.29, 0.717) is 0 Å². The van der Waals surface area contributed by atoms with Crippen molar-refractivity contribution in [1.29, 1.82) is 0 Å². The van der Waals surface area contributed by atoms with Gasteiger partial charge in [-0.2, -0.15) is 0 Å². The second-order valence-corrected chi connectivity index (χ2v) is 7.46. The summed E-state index contributed by atoms with van der Waals surface area (Å²) in [6, 6.07) is 0.107. The lowest BCUT2D eigenvalue weighted by atomic mass is 9.96. The Labute approximate surface area is 110 Å². The Bertz CT molecular complexity index is 352. The van der Waals surface area contributed by atoms with E-state index in [0.717, 1.165) is 51.5 Å². The van der Waals surface area contributed by atoms with E-state index in [4.69, 9.17) is 0 Å². The van der Waals surface area contributed by atoms with Crippen LogP contribution >= 0.6 is 0 Å². The van der Waals surface area contributed by atoms with Crippen molar-refractivity contribution >= 4 is 10.0 Å². The Morgan fingerprint density at radius 1 is 1.28 bits per heavy atom. The first-order chi connectivity index (χ1) is 8.53. The van der Waals surface area contributed by atoms with Crippen LogP contribution in [-0.4, -0.2) is 58.3 Å². The van der Waals surface area contributed by atoms with Crippen molar-refractivity contribution in [3.63, 3.8) is 0 Å². The van der Waals surface area contributed by atoms with Crippen molar-refractivity contribution in [2.45, 2.75) is 31.7 Å². The van der Waals surface area contributed by atoms with Crippen molar-refractivity contribution in [1.82, 2.24) is 14.9 Å². The minimum Gasteiger partial charge on any atom is -0.317 e. The average Bonchev–Trinajstić information content (AvgIpc) is 2.28. The van der Waals surface area contributed by atoms with Gasteiger partial charge in [0.25, 0.3) is 0 Å². The zero-order valence-electron chi connectivity index (χ0n) is 11.2. The lowest BCUT2D eigenvalue weighted by Crippen LogP contribution is -2.49. The molecule has 18 heavy (non-hydrogen) atoms. The summed E-state index contributed by atoms with van der Waals surface area (Å²) in [7, 11) is -3.07. The van der Waals surface area contributed by atoms with Crippen LogP contribution in [0.25, 0.3) is 0 Å². The molecule has 0 bridgehead atoms. The van der Waals surface area contributed by atoms with Gasteiger partial charge in [-0.3, -0.25) is 0 Å². The highest BCUT2D eigenvalue weighted by Crippen LogP contribution is 2.17. The Hall–Kier alpha value is -0.170. The third-order valence-corrected chi connectivity index (χ3v) is 4.62. The predicted molar refractivity (Wildman–Crippen MR) is 73.0 cm³/mol. The summed E-state index contributed by atoms with van der Waals surface area (Å²) in [5.41, 5.74) is 0. The summed E-state index contributed by atoms with van der Waals surface area (Å²) < 4.78 is 25.3. The fourth-order valence-corrected chi connectivity index (χ4v) is 3.85. The second kappa shape index (κ2) is 6.32. The molecule has 0 radical (unpaired) electrons. The minimum absolute atomic E-state index is 0.107. The highest BCUT2D eigenvalue weighted by molar-refractivity contribution is 7.88. The second-order valence-electron chi connectivity index (χ2n) is 5.68. The molecule has 2 saturated heterocycles. The van der Waals surface area contributed by atoms with E-state index in [-0.39, 0.29) is 6.04 Å². The number of hydrogen-bond donors (Lipinski definition) is 2. The zero-order valence-corrected chi connectivity index (χ0v) is 12.0. The van der Waals surface area contributed by atoms with Gasteiger partial charge < -0.3 is 10.2 Å². The number of nitrogens with zero attached hydrogens (tertiary/aromatic N) is 1. The fraction of sp³-hybridized carbons (Fsp3) is 1.00. The molecule has 2 rings (SSSR count). The molecule has 1 atom stereocenters. The summed E-state index contributed by atoms with van der Waals surface area (Å²) in [4.78, 5) is 2.43. The van der Waals surface area contributed by atoms with Crippen LogP contribution in [0.4, 0.5) is 0 Å². The first-order valence-electron chi connectivity index (χ1n) is 6.93. The van der Waals surface area contributed by atoms with Gasteiger partial charge in [0.2, 0.25) is 10.0 Å². The lowest BCUT2D eigenvalue weighted by Gasteiger charge is -2.36. The third kappa shape index (κ3) is 4.84. The van der Waals surface area contributed by atoms with Crippen LogP contribution in [0, 0.1) is 5.92 Å². The molecule has 0 amide bonds. The van der Waals surface area contributed by atoms with Gasteiger partial charge in [0.1, 0.15) is 0 Å². The van der Waals surface area contributed by atoms with Crippen molar-refractivity contribution in [2.24, 2.45) is 5.92 Å². The summed E-state index contributed by atoms with van der Waals surface area (Å²) in [6.07, 6.45) is 5.81. The molecule has 0 aromatic heterocycles. The van der Waals surface area contributed by atoms with Crippen LogP contribution in [0.5, 0.6) is 0 Å². The van der Waals surface area contributed by atoms with Gasteiger partial charge in [-0.05, 0) is 51.2 Å². The van der Waals surface area contributed by atoms with Gasteiger partial charge in [-0.25, -0.2) is 13.1 Å². The SMILES string of the molecule is CS(=O)(=O)N[C@H]1CCCN(CC2CCNCC2)C1. The molecule has 2 fully saturated rings. The summed E-state index contributed by atoms with van der Waals surface area (Å²) in [5.74, 6) is 0.781. The Morgan fingerprint density at radius 2 is 2.00 bits per heavy atom. The Kier molecular flexibility index (Phi) is 5.00. The highest BCUT2D eigenvalue weighted by atomic mass is 32.2. The molecular formula is C12H25N3O2S. The van der Waals surface area contributed by atoms with Crippen molar-refractivity contribution < 1.29 is 8.42 Å². The standard InChI is InChI=1S/C12H25N3O2S/c1-18(16,17)14-12-3-2-8-15(10-12)9-11-4-6-13-7-5-11/h11-14H,2-10H2,1H3/t12-/m0/s1. The smallest absolute Gasteiger partial charge is 0.208 e. The zero-order chi connectivity index (χ0) is 13.0. The fourth-order valence-electron chi connectivity index (χ4n) is 3.05. The van der Waals surface area contributed by atoms with Gasteiger partial charge in [0.15, 0.2) is 0 Å². The summed E-state index contributed by atoms with van der Waals surface area (Å²) in [5, 5.41) is 3.38. The molecule has 2 aliphatic heterocycles. The van der Waals surface area contributed by atoms with Crippen molar-refractivity contribution in [3.05, 3.63) is 0 Å². The first-order valence-corrected chi connectivity index (χ1v) is 8.82. The molecule has 2 aliphatic rings. The van der Waals surface area contributed by atoms with Gasteiger partial charge in [-0.1, -0.05) is 0 Å². The van der Waals surface area contributed by atoms with Crippen LogP contribution in [-0.2, 0) is 10.0 Å². The van der Waals surface area contributed by atoms with E-state index in [1.807, 2.05) is 0 Å². The quantitative estimate of drug-likeness (QED) is 0.758. The summed E-state index contributed by atoms with van der Waals surface area (Å²) in [6.45, 7) is 5.37. The number of hydrogen-bond acceptors (Lipinski definition) is 4. The van der Waals surface area contributed by atoms with E-state index < -0.39 is 10.0 Å². The topological polar surface area (TPSA) is 61.4 Å². The number of sulfonamides is 1. The molecule has 0 aromatic rings. The van der Waals surface area contributed by atoms with Crippen molar-refractivity contribution in [2.75, 3.05) is 39.0 Å². The maximum absolute atomic E-state index is 11.3. The van der Waals surface area contributed by atoms with E-state index >= 15 is 0 Å². The molecule has 0 aromatic carbocycles. The summed E-state index contributed by atoms with van der Waals surface area (Å²) >= 11 is 0. The van der Waals surface area contributed by atoms with Crippen LogP contribution < -0.4 is 10.0 Å². The van der Waals surface area contributed by atoms with Crippen LogP contribution in [0.3, 0.4) is 0 Å². The molecule has 0 aliphatic carbocycles. The molecule has 0 unspecified atom stereocenters. The monoisotopic (exact) mass is 275 g/mol. The minimum atomic E-state index is -3.07. The van der Waals surface area contributed by atoms with Crippen LogP contribution in [0.2, 0.25) is 0 Å². The number of rotatable bonds is 4. The van der Waals surface area contributed by atoms with Gasteiger partial charge in [0, 0.05) is 19.1 Å². The van der Waals surface area contributed by atoms with E-state index in [9.17, 15) is 8.42 Å². The van der Waals surface area contributed by atoms with E-state index in [1.54, 1.807) is 0 Å². The molecule has 2 N–H and O–H groups in total. The molecule has 106 valence electrons. The molecule has 2 heterocycles. The molecule has 0 saturated carbocycles. The van der Waals surface area contributed by atoms with Crippen molar-refractivity contribution in [3.8, 4) is 0 Å². The van der Waals surface area contributed by atoms with Gasteiger partial charge in [-0.15, -0.1) is 0 Å². The third-order valence-electron chi connectivity index (χ3n) is 3.86. The Morgan fingerprint density at radius 3 is 2.67 bits per heavy atom. The molecule has 0 spiro atoms. The maximum atomic E-state index is 11.3. The molecular weight excluding hydrogens is 250 g/mol. The van der Waals surface area contributed by atoms with Crippen LogP contribution in [0.15, 0.2) is 0 Å². The largest absolute Gasteiger partial charge is 0.317 e. The van der Waals surface area contributed by atoms with E-state index in [1.165, 1.54) is 19.1 Å². The lowest BCUT2D eigenvalue weighted by molar-refractivity contribution is 0.160. The Balaban J connectivity index is 1.79. The molecule has 5 nitrogen and oxygen atoms in total. The van der Waals surface area contributed by atoms with Gasteiger partial charge >= 0.3 is 0 Å².